The van der Waals surface area contributed by atoms with E-state index in [1.54, 1.807) is 0 Å². The molecule has 0 radical (unpaired) electrons. The molecule has 4 N–H and O–H groups in total. The number of aromatic nitrogens is 2. The molecule has 134 valence electrons. The van der Waals surface area contributed by atoms with Gasteiger partial charge < -0.3 is 20.8 Å². The maximum absolute atomic E-state index is 11.0. The fraction of sp³-hybridized carbons (Fsp3) is 0.412. The molecule has 0 unspecified atom stereocenters. The van der Waals surface area contributed by atoms with Gasteiger partial charge in [-0.05, 0) is 17.5 Å². The maximum atomic E-state index is 11.0. The van der Waals surface area contributed by atoms with Gasteiger partial charge in [0.2, 0.25) is 5.91 Å². The Balaban J connectivity index is 2.08. The SMILES string of the molecule is CC(=O)NCc1cccc(-c2coc(/N=C(\N)NCC(C)(C)C)n2)n1. The number of hydrogen-bond acceptors (Lipinski definition) is 5. The molecular weight excluding hydrogens is 320 g/mol. The highest BCUT2D eigenvalue weighted by molar-refractivity contribution is 5.79. The number of amides is 1. The number of nitrogens with one attached hydrogen (secondary N) is 2. The fourth-order valence-electron chi connectivity index (χ4n) is 1.87. The van der Waals surface area contributed by atoms with Crippen LogP contribution in [0, 0.1) is 5.41 Å². The van der Waals surface area contributed by atoms with Crippen LogP contribution in [0.4, 0.5) is 6.01 Å². The third-order valence-corrected chi connectivity index (χ3v) is 3.10. The second-order valence-corrected chi connectivity index (χ2v) is 6.85. The Labute approximate surface area is 147 Å². The van der Waals surface area contributed by atoms with Crippen LogP contribution in [0.1, 0.15) is 33.4 Å². The van der Waals surface area contributed by atoms with Crippen LogP contribution in [0.25, 0.3) is 11.4 Å². The molecule has 8 nitrogen and oxygen atoms in total. The molecule has 0 bridgehead atoms. The highest BCUT2D eigenvalue weighted by Crippen LogP contribution is 2.20. The monoisotopic (exact) mass is 344 g/mol. The van der Waals surface area contributed by atoms with Crippen LogP contribution < -0.4 is 16.4 Å². The Hall–Kier alpha value is -2.90. The molecule has 2 heterocycles. The molecule has 8 heteroatoms. The number of aliphatic imine (C=N–C) groups is 1. The molecule has 0 aliphatic carbocycles. The van der Waals surface area contributed by atoms with E-state index in [1.807, 2.05) is 18.2 Å². The Bertz CT molecular complexity index is 760. The van der Waals surface area contributed by atoms with E-state index >= 15 is 0 Å². The minimum Gasteiger partial charge on any atom is -0.430 e. The first-order chi connectivity index (χ1) is 11.7. The number of carbonyl (C=O) groups excluding carboxylic acids is 1. The normalized spacial score (nSPS) is 12.1. The molecule has 0 aromatic carbocycles. The number of hydrogen-bond donors (Lipinski definition) is 3. The van der Waals surface area contributed by atoms with Crippen LogP contribution in [0.15, 0.2) is 33.9 Å². The molecule has 1 amide bonds. The molecule has 0 aliphatic rings. The van der Waals surface area contributed by atoms with Gasteiger partial charge in [0.15, 0.2) is 5.96 Å². The molecule has 0 saturated carbocycles. The van der Waals surface area contributed by atoms with Crippen molar-refractivity contribution in [1.29, 1.82) is 0 Å². The zero-order chi connectivity index (χ0) is 18.4. The van der Waals surface area contributed by atoms with Gasteiger partial charge in [0.25, 0.3) is 0 Å². The van der Waals surface area contributed by atoms with E-state index in [0.29, 0.717) is 24.5 Å². The van der Waals surface area contributed by atoms with Crippen LogP contribution >= 0.6 is 0 Å². The summed E-state index contributed by atoms with van der Waals surface area (Å²) in [6.07, 6.45) is 1.47. The second-order valence-electron chi connectivity index (χ2n) is 6.85. The van der Waals surface area contributed by atoms with E-state index < -0.39 is 0 Å². The Morgan fingerprint density at radius 3 is 2.68 bits per heavy atom. The Morgan fingerprint density at radius 2 is 2.00 bits per heavy atom. The first-order valence-corrected chi connectivity index (χ1v) is 7.97. The van der Waals surface area contributed by atoms with Crippen LogP contribution in [-0.2, 0) is 11.3 Å². The molecule has 2 rings (SSSR count). The van der Waals surface area contributed by atoms with Crippen LogP contribution in [0.5, 0.6) is 0 Å². The minimum atomic E-state index is -0.108. The minimum absolute atomic E-state index is 0.0835. The molecule has 2 aromatic rings. The average Bonchev–Trinajstić information content (AvgIpc) is 2.99. The number of guanidine groups is 1. The number of pyridine rings is 1. The third kappa shape index (κ3) is 6.25. The van der Waals surface area contributed by atoms with Crippen molar-refractivity contribution >= 4 is 17.9 Å². The molecule has 0 aliphatic heterocycles. The van der Waals surface area contributed by atoms with Gasteiger partial charge in [-0.3, -0.25) is 4.79 Å². The quantitative estimate of drug-likeness (QED) is 0.563. The van der Waals surface area contributed by atoms with Crippen molar-refractivity contribution in [2.24, 2.45) is 16.1 Å². The zero-order valence-corrected chi connectivity index (χ0v) is 15.0. The van der Waals surface area contributed by atoms with E-state index in [1.165, 1.54) is 13.2 Å². The Kier molecular flexibility index (Phi) is 5.74. The summed E-state index contributed by atoms with van der Waals surface area (Å²) in [6, 6.07) is 5.63. The van der Waals surface area contributed by atoms with Crippen molar-refractivity contribution in [2.45, 2.75) is 34.2 Å². The highest BCUT2D eigenvalue weighted by Gasteiger charge is 2.11. The standard InChI is InChI=1S/C17H24N6O2/c1-11(24)19-8-12-6-5-7-13(21-12)14-9-25-16(22-14)23-15(18)20-10-17(2,3)4/h5-7,9H,8,10H2,1-4H3,(H,19,24)(H3,18,20,22,23). The molecular formula is C17H24N6O2. The average molecular weight is 344 g/mol. The molecule has 0 atom stereocenters. The van der Waals surface area contributed by atoms with Gasteiger partial charge >= 0.3 is 6.01 Å². The molecule has 0 spiro atoms. The molecule has 0 saturated heterocycles. The lowest BCUT2D eigenvalue weighted by atomic mass is 9.97. The number of rotatable bonds is 5. The van der Waals surface area contributed by atoms with Crippen LogP contribution in [-0.4, -0.2) is 28.4 Å². The van der Waals surface area contributed by atoms with Crippen molar-refractivity contribution in [3.05, 3.63) is 30.2 Å². The maximum Gasteiger partial charge on any atom is 0.325 e. The van der Waals surface area contributed by atoms with E-state index in [4.69, 9.17) is 10.2 Å². The fourth-order valence-corrected chi connectivity index (χ4v) is 1.87. The van der Waals surface area contributed by atoms with Gasteiger partial charge in [0.05, 0.1) is 17.9 Å². The lowest BCUT2D eigenvalue weighted by molar-refractivity contribution is -0.119. The predicted molar refractivity (Wildman–Crippen MR) is 96.0 cm³/mol. The number of nitrogens with zero attached hydrogens (tertiary/aromatic N) is 3. The topological polar surface area (TPSA) is 118 Å². The first-order valence-electron chi connectivity index (χ1n) is 7.97. The van der Waals surface area contributed by atoms with Gasteiger partial charge in [-0.2, -0.15) is 9.98 Å². The van der Waals surface area contributed by atoms with Crippen molar-refractivity contribution in [3.8, 4) is 11.4 Å². The summed E-state index contributed by atoms with van der Waals surface area (Å²) in [6.45, 7) is 8.78. The van der Waals surface area contributed by atoms with Gasteiger partial charge in [0, 0.05) is 13.5 Å². The van der Waals surface area contributed by atoms with Crippen molar-refractivity contribution in [2.75, 3.05) is 6.54 Å². The van der Waals surface area contributed by atoms with Crippen molar-refractivity contribution in [3.63, 3.8) is 0 Å². The van der Waals surface area contributed by atoms with E-state index in [2.05, 4.69) is 46.4 Å². The lowest BCUT2D eigenvalue weighted by Gasteiger charge is -2.18. The van der Waals surface area contributed by atoms with Crippen LogP contribution in [0.2, 0.25) is 0 Å². The summed E-state index contributed by atoms with van der Waals surface area (Å²) in [7, 11) is 0. The number of carbonyl (C=O) groups is 1. The second kappa shape index (κ2) is 7.78. The van der Waals surface area contributed by atoms with Gasteiger partial charge in [-0.1, -0.05) is 26.8 Å². The summed E-state index contributed by atoms with van der Waals surface area (Å²) in [5.41, 5.74) is 7.83. The smallest absolute Gasteiger partial charge is 0.325 e. The summed E-state index contributed by atoms with van der Waals surface area (Å²) < 4.78 is 5.33. The number of nitrogens with two attached hydrogens (primary N) is 1. The molecule has 25 heavy (non-hydrogen) atoms. The van der Waals surface area contributed by atoms with E-state index in [9.17, 15) is 4.79 Å². The predicted octanol–water partition coefficient (Wildman–Crippen LogP) is 1.95. The van der Waals surface area contributed by atoms with E-state index in [0.717, 1.165) is 5.69 Å². The number of oxazole rings is 1. The Morgan fingerprint density at radius 1 is 1.24 bits per heavy atom. The van der Waals surface area contributed by atoms with Crippen molar-refractivity contribution in [1.82, 2.24) is 20.6 Å². The van der Waals surface area contributed by atoms with E-state index in [-0.39, 0.29) is 23.3 Å². The summed E-state index contributed by atoms with van der Waals surface area (Å²) in [4.78, 5) is 23.8. The van der Waals surface area contributed by atoms with Gasteiger partial charge in [-0.25, -0.2) is 4.98 Å². The highest BCUT2D eigenvalue weighted by atomic mass is 16.4. The molecule has 2 aromatic heterocycles. The third-order valence-electron chi connectivity index (χ3n) is 3.10. The first kappa shape index (κ1) is 18.4. The van der Waals surface area contributed by atoms with Gasteiger partial charge in [0.1, 0.15) is 12.0 Å². The van der Waals surface area contributed by atoms with Crippen molar-refractivity contribution < 1.29 is 9.21 Å². The lowest BCUT2D eigenvalue weighted by Crippen LogP contribution is -2.37. The summed E-state index contributed by atoms with van der Waals surface area (Å²) in [5.74, 6) is 0.138. The van der Waals surface area contributed by atoms with Gasteiger partial charge in [-0.15, -0.1) is 0 Å². The summed E-state index contributed by atoms with van der Waals surface area (Å²) in [5, 5.41) is 5.73. The largest absolute Gasteiger partial charge is 0.430 e. The van der Waals surface area contributed by atoms with Crippen LogP contribution in [0.3, 0.4) is 0 Å². The summed E-state index contributed by atoms with van der Waals surface area (Å²) >= 11 is 0. The molecule has 0 fully saturated rings. The zero-order valence-electron chi connectivity index (χ0n) is 15.0.